The van der Waals surface area contributed by atoms with Crippen molar-refractivity contribution in [1.29, 1.82) is 0 Å². The van der Waals surface area contributed by atoms with Crippen molar-refractivity contribution in [1.82, 2.24) is 14.5 Å². The molecule has 30 heavy (non-hydrogen) atoms. The zero-order valence-electron chi connectivity index (χ0n) is 16.6. The number of rotatable bonds is 7. The first kappa shape index (κ1) is 24.4. The molecule has 1 heterocycles. The van der Waals surface area contributed by atoms with Crippen molar-refractivity contribution < 1.29 is 17.9 Å². The Morgan fingerprint density at radius 3 is 2.37 bits per heavy atom. The highest BCUT2D eigenvalue weighted by molar-refractivity contribution is 7.89. The number of methoxy groups -OCH3 is 1. The molecule has 0 unspecified atom stereocenters. The van der Waals surface area contributed by atoms with Crippen molar-refractivity contribution in [2.75, 3.05) is 46.4 Å². The van der Waals surface area contributed by atoms with Gasteiger partial charge in [0.15, 0.2) is 0 Å². The summed E-state index contributed by atoms with van der Waals surface area (Å²) in [4.78, 5) is 14.5. The second kappa shape index (κ2) is 11.0. The van der Waals surface area contributed by atoms with Gasteiger partial charge in [-0.25, -0.2) is 8.42 Å². The minimum atomic E-state index is -3.52. The highest BCUT2D eigenvalue weighted by Gasteiger charge is 2.28. The van der Waals surface area contributed by atoms with Crippen LogP contribution in [0.5, 0.6) is 5.75 Å². The number of hydrogen-bond donors (Lipinski definition) is 1. The van der Waals surface area contributed by atoms with Gasteiger partial charge < -0.3 is 10.1 Å². The minimum absolute atomic E-state index is 0. The third kappa shape index (κ3) is 6.09. The first-order chi connectivity index (χ1) is 13.9. The van der Waals surface area contributed by atoms with Crippen molar-refractivity contribution in [2.24, 2.45) is 0 Å². The SMILES string of the molecule is COc1ccc(S(=O)(=O)N2CCN(CCNC(=O)c3cccc(Cl)c3)CC2)cc1.Cl. The molecule has 0 atom stereocenters. The third-order valence-electron chi connectivity index (χ3n) is 4.83. The Morgan fingerprint density at radius 1 is 1.10 bits per heavy atom. The van der Waals surface area contributed by atoms with E-state index in [0.29, 0.717) is 55.6 Å². The molecule has 2 aromatic carbocycles. The van der Waals surface area contributed by atoms with Crippen LogP contribution in [0.1, 0.15) is 10.4 Å². The Labute approximate surface area is 188 Å². The van der Waals surface area contributed by atoms with Gasteiger partial charge >= 0.3 is 0 Å². The molecule has 1 amide bonds. The Morgan fingerprint density at radius 2 is 1.77 bits per heavy atom. The Bertz CT molecular complexity index is 947. The molecule has 0 saturated carbocycles. The molecule has 3 rings (SSSR count). The van der Waals surface area contributed by atoms with Crippen LogP contribution in [-0.2, 0) is 10.0 Å². The lowest BCUT2D eigenvalue weighted by Crippen LogP contribution is -2.50. The van der Waals surface area contributed by atoms with Crippen LogP contribution >= 0.6 is 24.0 Å². The predicted octanol–water partition coefficient (Wildman–Crippen LogP) is 2.51. The molecular weight excluding hydrogens is 449 g/mol. The molecule has 1 saturated heterocycles. The van der Waals surface area contributed by atoms with E-state index in [1.54, 1.807) is 55.6 Å². The molecule has 0 bridgehead atoms. The van der Waals surface area contributed by atoms with Crippen LogP contribution in [0.2, 0.25) is 5.02 Å². The van der Waals surface area contributed by atoms with Gasteiger partial charge in [-0.1, -0.05) is 17.7 Å². The van der Waals surface area contributed by atoms with E-state index in [1.165, 1.54) is 4.31 Å². The van der Waals surface area contributed by atoms with Crippen molar-refractivity contribution in [3.05, 3.63) is 59.1 Å². The first-order valence-corrected chi connectivity index (χ1v) is 11.1. The number of amides is 1. The molecule has 1 N–H and O–H groups in total. The van der Waals surface area contributed by atoms with Gasteiger partial charge in [-0.15, -0.1) is 12.4 Å². The highest BCUT2D eigenvalue weighted by atomic mass is 35.5. The van der Waals surface area contributed by atoms with Gasteiger partial charge in [0.2, 0.25) is 10.0 Å². The van der Waals surface area contributed by atoms with E-state index in [9.17, 15) is 13.2 Å². The lowest BCUT2D eigenvalue weighted by atomic mass is 10.2. The van der Waals surface area contributed by atoms with Gasteiger partial charge in [0.1, 0.15) is 5.75 Å². The largest absolute Gasteiger partial charge is 0.497 e. The molecule has 0 radical (unpaired) electrons. The summed E-state index contributed by atoms with van der Waals surface area (Å²) in [6.07, 6.45) is 0. The number of nitrogens with zero attached hydrogens (tertiary/aromatic N) is 2. The van der Waals surface area contributed by atoms with Crippen molar-refractivity contribution in [3.63, 3.8) is 0 Å². The number of benzene rings is 2. The van der Waals surface area contributed by atoms with Gasteiger partial charge in [-0.3, -0.25) is 9.69 Å². The Hall–Kier alpha value is -1.84. The van der Waals surface area contributed by atoms with Gasteiger partial charge in [0, 0.05) is 49.9 Å². The maximum Gasteiger partial charge on any atom is 0.251 e. The summed E-state index contributed by atoms with van der Waals surface area (Å²) in [5.74, 6) is 0.446. The van der Waals surface area contributed by atoms with Crippen LogP contribution in [0.3, 0.4) is 0 Å². The van der Waals surface area contributed by atoms with Crippen molar-refractivity contribution in [3.8, 4) is 5.75 Å². The molecular formula is C20H25Cl2N3O4S. The van der Waals surface area contributed by atoms with E-state index in [-0.39, 0.29) is 23.2 Å². The van der Waals surface area contributed by atoms with Gasteiger partial charge in [-0.2, -0.15) is 4.31 Å². The van der Waals surface area contributed by atoms with Crippen LogP contribution in [0.4, 0.5) is 0 Å². The third-order valence-corrected chi connectivity index (χ3v) is 6.98. The van der Waals surface area contributed by atoms with E-state index in [1.807, 2.05) is 0 Å². The summed E-state index contributed by atoms with van der Waals surface area (Å²) in [6, 6.07) is 13.2. The predicted molar refractivity (Wildman–Crippen MR) is 119 cm³/mol. The lowest BCUT2D eigenvalue weighted by Gasteiger charge is -2.34. The summed E-state index contributed by atoms with van der Waals surface area (Å²) in [7, 11) is -1.97. The normalized spacial score (nSPS) is 15.3. The Kier molecular flexibility index (Phi) is 8.93. The van der Waals surface area contributed by atoms with Crippen molar-refractivity contribution >= 4 is 39.9 Å². The molecule has 2 aromatic rings. The van der Waals surface area contributed by atoms with Crippen LogP contribution in [0.25, 0.3) is 0 Å². The van der Waals surface area contributed by atoms with Crippen LogP contribution in [0, 0.1) is 0 Å². The number of carbonyl (C=O) groups is 1. The second-order valence-electron chi connectivity index (χ2n) is 6.69. The molecule has 164 valence electrons. The number of hydrogen-bond acceptors (Lipinski definition) is 5. The highest BCUT2D eigenvalue weighted by Crippen LogP contribution is 2.20. The number of carbonyl (C=O) groups excluding carboxylic acids is 1. The first-order valence-electron chi connectivity index (χ1n) is 9.30. The molecule has 7 nitrogen and oxygen atoms in total. The van der Waals surface area contributed by atoms with Gasteiger partial charge in [0.05, 0.1) is 12.0 Å². The summed E-state index contributed by atoms with van der Waals surface area (Å²) >= 11 is 5.91. The fraction of sp³-hybridized carbons (Fsp3) is 0.350. The molecule has 1 aliphatic rings. The number of piperazine rings is 1. The van der Waals surface area contributed by atoms with E-state index in [0.717, 1.165) is 0 Å². The summed E-state index contributed by atoms with van der Waals surface area (Å²) in [5, 5.41) is 3.39. The van der Waals surface area contributed by atoms with E-state index in [2.05, 4.69) is 10.2 Å². The average Bonchev–Trinajstić information content (AvgIpc) is 2.74. The van der Waals surface area contributed by atoms with E-state index in [4.69, 9.17) is 16.3 Å². The zero-order valence-corrected chi connectivity index (χ0v) is 19.0. The number of sulfonamides is 1. The Balaban J connectivity index is 0.00000320. The fourth-order valence-electron chi connectivity index (χ4n) is 3.15. The monoisotopic (exact) mass is 473 g/mol. The molecule has 0 aromatic heterocycles. The van der Waals surface area contributed by atoms with E-state index < -0.39 is 10.0 Å². The summed E-state index contributed by atoms with van der Waals surface area (Å²) < 4.78 is 32.1. The quantitative estimate of drug-likeness (QED) is 0.668. The summed E-state index contributed by atoms with van der Waals surface area (Å²) in [6.45, 7) is 3.19. The summed E-state index contributed by atoms with van der Waals surface area (Å²) in [5.41, 5.74) is 0.521. The minimum Gasteiger partial charge on any atom is -0.497 e. The zero-order chi connectivity index (χ0) is 20.9. The molecule has 0 spiro atoms. The van der Waals surface area contributed by atoms with Crippen LogP contribution in [-0.4, -0.2) is 69.9 Å². The number of ether oxygens (including phenoxy) is 1. The molecule has 0 aliphatic carbocycles. The fourth-order valence-corrected chi connectivity index (χ4v) is 4.76. The van der Waals surface area contributed by atoms with Gasteiger partial charge in [-0.05, 0) is 42.5 Å². The van der Waals surface area contributed by atoms with Crippen molar-refractivity contribution in [2.45, 2.75) is 4.90 Å². The maximum atomic E-state index is 12.8. The van der Waals surface area contributed by atoms with Crippen LogP contribution < -0.4 is 10.1 Å². The van der Waals surface area contributed by atoms with E-state index >= 15 is 0 Å². The average molecular weight is 474 g/mol. The maximum absolute atomic E-state index is 12.8. The number of nitrogens with one attached hydrogen (secondary N) is 1. The van der Waals surface area contributed by atoms with Crippen LogP contribution in [0.15, 0.2) is 53.4 Å². The molecule has 1 aliphatic heterocycles. The molecule has 1 fully saturated rings. The number of halogens is 2. The standard InChI is InChI=1S/C20H24ClN3O4S.ClH/c1-28-18-5-7-19(8-6-18)29(26,27)24-13-11-23(12-14-24)10-9-22-20(25)16-3-2-4-17(21)15-16;/h2-8,15H,9-14H2,1H3,(H,22,25);1H. The topological polar surface area (TPSA) is 79.0 Å². The van der Waals surface area contributed by atoms with Gasteiger partial charge in [0.25, 0.3) is 5.91 Å². The smallest absolute Gasteiger partial charge is 0.251 e. The molecule has 10 heteroatoms. The lowest BCUT2D eigenvalue weighted by molar-refractivity contribution is 0.0945. The second-order valence-corrected chi connectivity index (χ2v) is 9.06.